The quantitative estimate of drug-likeness (QED) is 0.406. The van der Waals surface area contributed by atoms with E-state index in [-0.39, 0.29) is 0 Å². The van der Waals surface area contributed by atoms with E-state index in [1.165, 1.54) is 58.0 Å². The Kier molecular flexibility index (Phi) is 9.51. The number of aliphatic imine (C=N–C) groups is 1. The van der Waals surface area contributed by atoms with Crippen molar-refractivity contribution in [2.24, 2.45) is 10.9 Å². The summed E-state index contributed by atoms with van der Waals surface area (Å²) in [5.41, 5.74) is 0. The molecule has 0 bridgehead atoms. The van der Waals surface area contributed by atoms with Crippen molar-refractivity contribution in [3.8, 4) is 0 Å². The third kappa shape index (κ3) is 7.84. The maximum absolute atomic E-state index is 5.99. The van der Waals surface area contributed by atoms with Crippen LogP contribution in [0.25, 0.3) is 0 Å². The highest BCUT2D eigenvalue weighted by Crippen LogP contribution is 2.20. The van der Waals surface area contributed by atoms with Crippen molar-refractivity contribution in [3.05, 3.63) is 0 Å². The highest BCUT2D eigenvalue weighted by atomic mass is 16.5. The Balaban J connectivity index is 1.60. The number of likely N-dealkylation sites (tertiary alicyclic amines) is 1. The minimum atomic E-state index is 0.518. The molecule has 0 amide bonds. The lowest BCUT2D eigenvalue weighted by Gasteiger charge is -2.28. The molecule has 5 nitrogen and oxygen atoms in total. The number of piperidine rings is 1. The van der Waals surface area contributed by atoms with Crippen LogP contribution in [0, 0.1) is 5.92 Å². The second-order valence-corrected chi connectivity index (χ2v) is 7.40. The minimum Gasteiger partial charge on any atom is -0.378 e. The lowest BCUT2D eigenvalue weighted by molar-refractivity contribution is 0.0277. The molecule has 5 heteroatoms. The molecule has 0 aromatic heterocycles. The van der Waals surface area contributed by atoms with Crippen LogP contribution in [0.15, 0.2) is 4.99 Å². The summed E-state index contributed by atoms with van der Waals surface area (Å²) in [5.74, 6) is 1.66. The Labute approximate surface area is 148 Å². The molecule has 1 unspecified atom stereocenters. The van der Waals surface area contributed by atoms with Gasteiger partial charge in [0.25, 0.3) is 0 Å². The predicted octanol–water partition coefficient (Wildman–Crippen LogP) is 2.62. The van der Waals surface area contributed by atoms with Crippen molar-refractivity contribution in [2.75, 3.05) is 46.4 Å². The monoisotopic (exact) mass is 338 g/mol. The molecule has 1 aliphatic carbocycles. The number of ether oxygens (including phenoxy) is 1. The van der Waals surface area contributed by atoms with E-state index in [1.807, 2.05) is 0 Å². The summed E-state index contributed by atoms with van der Waals surface area (Å²) >= 11 is 0. The first kappa shape index (κ1) is 19.5. The predicted molar refractivity (Wildman–Crippen MR) is 102 cm³/mol. The van der Waals surface area contributed by atoms with E-state index in [0.29, 0.717) is 12.0 Å². The molecular formula is C19H38N4O. The second kappa shape index (κ2) is 11.7. The highest BCUT2D eigenvalue weighted by molar-refractivity contribution is 5.79. The molecule has 0 aromatic rings. The summed E-state index contributed by atoms with van der Waals surface area (Å²) in [7, 11) is 2.21. The number of nitrogens with zero attached hydrogens (tertiary/aromatic N) is 2. The van der Waals surface area contributed by atoms with Gasteiger partial charge in [-0.1, -0.05) is 19.3 Å². The first-order valence-electron chi connectivity index (χ1n) is 10.1. The Morgan fingerprint density at radius 1 is 1.12 bits per heavy atom. The molecule has 1 heterocycles. The maximum atomic E-state index is 5.99. The van der Waals surface area contributed by atoms with Crippen molar-refractivity contribution in [1.29, 1.82) is 0 Å². The smallest absolute Gasteiger partial charge is 0.191 e. The van der Waals surface area contributed by atoms with Gasteiger partial charge >= 0.3 is 0 Å². The fraction of sp³-hybridized carbons (Fsp3) is 0.947. The molecule has 1 atom stereocenters. The fourth-order valence-corrected chi connectivity index (χ4v) is 3.75. The molecule has 2 rings (SSSR count). The van der Waals surface area contributed by atoms with Crippen molar-refractivity contribution in [2.45, 2.75) is 64.4 Å². The van der Waals surface area contributed by atoms with Crippen LogP contribution in [0.1, 0.15) is 58.3 Å². The van der Waals surface area contributed by atoms with E-state index in [2.05, 4.69) is 29.5 Å². The lowest BCUT2D eigenvalue weighted by atomic mass is 9.98. The summed E-state index contributed by atoms with van der Waals surface area (Å²) in [4.78, 5) is 7.21. The molecule has 0 aromatic carbocycles. The van der Waals surface area contributed by atoms with Crippen LogP contribution in [0.4, 0.5) is 0 Å². The van der Waals surface area contributed by atoms with Crippen molar-refractivity contribution in [1.82, 2.24) is 15.5 Å². The van der Waals surface area contributed by atoms with Crippen LogP contribution >= 0.6 is 0 Å². The second-order valence-electron chi connectivity index (χ2n) is 7.40. The van der Waals surface area contributed by atoms with Gasteiger partial charge in [0.2, 0.25) is 0 Å². The summed E-state index contributed by atoms with van der Waals surface area (Å²) in [6.45, 7) is 8.18. The van der Waals surface area contributed by atoms with Gasteiger partial charge in [-0.3, -0.25) is 4.99 Å². The van der Waals surface area contributed by atoms with Gasteiger partial charge in [-0.05, 0) is 58.5 Å². The van der Waals surface area contributed by atoms with E-state index >= 15 is 0 Å². The van der Waals surface area contributed by atoms with Crippen LogP contribution in [-0.2, 0) is 4.74 Å². The SMILES string of the molecule is CCNC(=NCC1CCCN(C)C1)NCCCOC1CCCCC1. The molecule has 1 saturated heterocycles. The molecule has 1 saturated carbocycles. The standard InChI is InChI=1S/C19H38N4O/c1-3-20-19(22-15-17-9-7-13-23(2)16-17)21-12-8-14-24-18-10-5-4-6-11-18/h17-18H,3-16H2,1-2H3,(H2,20,21,22). The van der Waals surface area contributed by atoms with E-state index in [9.17, 15) is 0 Å². The van der Waals surface area contributed by atoms with Gasteiger partial charge < -0.3 is 20.3 Å². The van der Waals surface area contributed by atoms with E-state index in [1.54, 1.807) is 0 Å². The zero-order valence-corrected chi connectivity index (χ0v) is 15.9. The molecule has 2 aliphatic rings. The topological polar surface area (TPSA) is 48.9 Å². The zero-order valence-electron chi connectivity index (χ0n) is 15.9. The van der Waals surface area contributed by atoms with Crippen LogP contribution < -0.4 is 10.6 Å². The molecule has 140 valence electrons. The van der Waals surface area contributed by atoms with Gasteiger partial charge in [0.05, 0.1) is 6.10 Å². The Bertz CT molecular complexity index is 355. The van der Waals surface area contributed by atoms with E-state index in [0.717, 1.165) is 38.6 Å². The van der Waals surface area contributed by atoms with Crippen molar-refractivity contribution in [3.63, 3.8) is 0 Å². The zero-order chi connectivity index (χ0) is 17.0. The molecular weight excluding hydrogens is 300 g/mol. The first-order chi connectivity index (χ1) is 11.8. The summed E-state index contributed by atoms with van der Waals surface area (Å²) < 4.78 is 5.99. The maximum Gasteiger partial charge on any atom is 0.191 e. The Morgan fingerprint density at radius 2 is 1.96 bits per heavy atom. The average molecular weight is 339 g/mol. The van der Waals surface area contributed by atoms with Gasteiger partial charge in [-0.25, -0.2) is 0 Å². The third-order valence-electron chi connectivity index (χ3n) is 5.09. The third-order valence-corrected chi connectivity index (χ3v) is 5.09. The van der Waals surface area contributed by atoms with Crippen LogP contribution in [0.5, 0.6) is 0 Å². The number of rotatable bonds is 8. The molecule has 0 radical (unpaired) electrons. The number of hydrogen-bond acceptors (Lipinski definition) is 3. The number of hydrogen-bond donors (Lipinski definition) is 2. The molecule has 24 heavy (non-hydrogen) atoms. The van der Waals surface area contributed by atoms with Crippen molar-refractivity contribution >= 4 is 5.96 Å². The largest absolute Gasteiger partial charge is 0.378 e. The average Bonchev–Trinajstić information content (AvgIpc) is 2.60. The van der Waals surface area contributed by atoms with Crippen LogP contribution in [0.2, 0.25) is 0 Å². The molecule has 2 N–H and O–H groups in total. The summed E-state index contributed by atoms with van der Waals surface area (Å²) in [5, 5.41) is 6.81. The van der Waals surface area contributed by atoms with Gasteiger partial charge in [0.15, 0.2) is 5.96 Å². The van der Waals surface area contributed by atoms with E-state index in [4.69, 9.17) is 9.73 Å². The molecule has 2 fully saturated rings. The van der Waals surface area contributed by atoms with Gasteiger partial charge in [-0.15, -0.1) is 0 Å². The number of nitrogens with one attached hydrogen (secondary N) is 2. The van der Waals surface area contributed by atoms with Crippen LogP contribution in [-0.4, -0.2) is 63.3 Å². The Hall–Kier alpha value is -0.810. The minimum absolute atomic E-state index is 0.518. The Morgan fingerprint density at radius 3 is 2.71 bits per heavy atom. The summed E-state index contributed by atoms with van der Waals surface area (Å²) in [6.07, 6.45) is 10.8. The fourth-order valence-electron chi connectivity index (χ4n) is 3.75. The first-order valence-corrected chi connectivity index (χ1v) is 10.1. The van der Waals surface area contributed by atoms with Gasteiger partial charge in [0, 0.05) is 32.8 Å². The van der Waals surface area contributed by atoms with Gasteiger partial charge in [0.1, 0.15) is 0 Å². The number of guanidine groups is 1. The highest BCUT2D eigenvalue weighted by Gasteiger charge is 2.16. The normalized spacial score (nSPS) is 24.1. The van der Waals surface area contributed by atoms with Gasteiger partial charge in [-0.2, -0.15) is 0 Å². The summed E-state index contributed by atoms with van der Waals surface area (Å²) in [6, 6.07) is 0. The van der Waals surface area contributed by atoms with Crippen molar-refractivity contribution < 1.29 is 4.74 Å². The lowest BCUT2D eigenvalue weighted by Crippen LogP contribution is -2.39. The van der Waals surface area contributed by atoms with Crippen LogP contribution in [0.3, 0.4) is 0 Å². The molecule has 0 spiro atoms. The molecule has 1 aliphatic heterocycles. The van der Waals surface area contributed by atoms with E-state index < -0.39 is 0 Å².